The van der Waals surface area contributed by atoms with Crippen molar-refractivity contribution in [3.63, 3.8) is 0 Å². The molecule has 2 atom stereocenters. The molecule has 0 saturated heterocycles. The molecule has 1 aliphatic carbocycles. The first-order valence-corrected chi connectivity index (χ1v) is 7.69. The Morgan fingerprint density at radius 2 is 2.00 bits per heavy atom. The van der Waals surface area contributed by atoms with Crippen LogP contribution in [0.1, 0.15) is 39.0 Å². The smallest absolute Gasteiger partial charge is 0.154 e. The van der Waals surface area contributed by atoms with Gasteiger partial charge in [-0.1, -0.05) is 26.2 Å². The van der Waals surface area contributed by atoms with Crippen LogP contribution in [0.5, 0.6) is 0 Å². The molecule has 0 heterocycles. The van der Waals surface area contributed by atoms with Gasteiger partial charge in [0.25, 0.3) is 0 Å². The first-order valence-electron chi connectivity index (χ1n) is 5.62. The van der Waals surface area contributed by atoms with Gasteiger partial charge < -0.3 is 0 Å². The van der Waals surface area contributed by atoms with E-state index in [1.54, 1.807) is 0 Å². The minimum absolute atomic E-state index is 0.00146. The molecule has 0 aromatic carbocycles. The van der Waals surface area contributed by atoms with E-state index in [2.05, 4.69) is 6.92 Å². The van der Waals surface area contributed by atoms with Crippen LogP contribution in [0.3, 0.4) is 0 Å². The Morgan fingerprint density at radius 1 is 1.33 bits per heavy atom. The minimum Gasteiger partial charge on any atom is -0.298 e. The Morgan fingerprint density at radius 3 is 2.53 bits per heavy atom. The third-order valence-corrected chi connectivity index (χ3v) is 4.03. The summed E-state index contributed by atoms with van der Waals surface area (Å²) in [5.41, 5.74) is 0. The Bertz CT molecular complexity index is 319. The molecule has 0 bridgehead atoms. The topological polar surface area (TPSA) is 51.2 Å². The van der Waals surface area contributed by atoms with Crippen LogP contribution in [0, 0.1) is 11.8 Å². The zero-order valence-corrected chi connectivity index (χ0v) is 10.3. The Labute approximate surface area is 92.2 Å². The highest BCUT2D eigenvalue weighted by atomic mass is 32.2. The van der Waals surface area contributed by atoms with Crippen molar-refractivity contribution >= 4 is 15.6 Å². The SMILES string of the molecule is CCC1CCCC(C(=O)CS(C)(=O)=O)C1. The summed E-state index contributed by atoms with van der Waals surface area (Å²) < 4.78 is 22.0. The summed E-state index contributed by atoms with van der Waals surface area (Å²) in [7, 11) is -3.15. The molecule has 1 saturated carbocycles. The Hall–Kier alpha value is -0.380. The summed E-state index contributed by atoms with van der Waals surface area (Å²) in [6.45, 7) is 2.13. The predicted octanol–water partition coefficient (Wildman–Crippen LogP) is 1.82. The fraction of sp³-hybridized carbons (Fsp3) is 0.909. The van der Waals surface area contributed by atoms with Gasteiger partial charge in [0.05, 0.1) is 0 Å². The minimum atomic E-state index is -3.15. The average molecular weight is 232 g/mol. The molecular formula is C11H20O3S. The first-order chi connectivity index (χ1) is 6.92. The van der Waals surface area contributed by atoms with Crippen LogP contribution in [0.25, 0.3) is 0 Å². The van der Waals surface area contributed by atoms with Gasteiger partial charge in [0.15, 0.2) is 15.6 Å². The quantitative estimate of drug-likeness (QED) is 0.743. The van der Waals surface area contributed by atoms with E-state index in [-0.39, 0.29) is 17.5 Å². The average Bonchev–Trinajstić information content (AvgIpc) is 2.15. The number of hydrogen-bond donors (Lipinski definition) is 0. The van der Waals surface area contributed by atoms with E-state index < -0.39 is 9.84 Å². The lowest BCUT2D eigenvalue weighted by Crippen LogP contribution is -2.27. The third kappa shape index (κ3) is 4.33. The van der Waals surface area contributed by atoms with Crippen LogP contribution >= 0.6 is 0 Å². The molecule has 15 heavy (non-hydrogen) atoms. The second kappa shape index (κ2) is 5.10. The molecule has 0 N–H and O–H groups in total. The third-order valence-electron chi connectivity index (χ3n) is 3.22. The number of carbonyl (C=O) groups excluding carboxylic acids is 1. The van der Waals surface area contributed by atoms with Gasteiger partial charge in [-0.15, -0.1) is 0 Å². The number of carbonyl (C=O) groups is 1. The van der Waals surface area contributed by atoms with Crippen molar-refractivity contribution in [1.82, 2.24) is 0 Å². The predicted molar refractivity (Wildman–Crippen MR) is 60.5 cm³/mol. The van der Waals surface area contributed by atoms with Crippen LogP contribution in [0.2, 0.25) is 0 Å². The van der Waals surface area contributed by atoms with Crippen molar-refractivity contribution in [2.75, 3.05) is 12.0 Å². The molecule has 88 valence electrons. The number of hydrogen-bond acceptors (Lipinski definition) is 3. The van der Waals surface area contributed by atoms with E-state index in [1.807, 2.05) is 0 Å². The van der Waals surface area contributed by atoms with Gasteiger partial charge in [0, 0.05) is 12.2 Å². The molecule has 1 rings (SSSR count). The van der Waals surface area contributed by atoms with Crippen LogP contribution < -0.4 is 0 Å². The molecule has 3 nitrogen and oxygen atoms in total. The lowest BCUT2D eigenvalue weighted by atomic mass is 9.78. The number of rotatable bonds is 4. The highest BCUT2D eigenvalue weighted by molar-refractivity contribution is 7.91. The lowest BCUT2D eigenvalue weighted by molar-refractivity contribution is -0.121. The van der Waals surface area contributed by atoms with Crippen LogP contribution in [0.4, 0.5) is 0 Å². The maximum Gasteiger partial charge on any atom is 0.154 e. The van der Waals surface area contributed by atoms with Gasteiger partial charge >= 0.3 is 0 Å². The summed E-state index contributed by atoms with van der Waals surface area (Å²) in [6, 6.07) is 0. The van der Waals surface area contributed by atoms with Crippen molar-refractivity contribution in [3.05, 3.63) is 0 Å². The van der Waals surface area contributed by atoms with Crippen LogP contribution in [-0.2, 0) is 14.6 Å². The van der Waals surface area contributed by atoms with E-state index in [1.165, 1.54) is 6.42 Å². The molecule has 0 aliphatic heterocycles. The summed E-state index contributed by atoms with van der Waals surface area (Å²) in [6.07, 6.45) is 6.27. The fourth-order valence-corrected chi connectivity index (χ4v) is 3.08. The first kappa shape index (κ1) is 12.7. The van der Waals surface area contributed by atoms with Gasteiger partial charge in [0.2, 0.25) is 0 Å². The van der Waals surface area contributed by atoms with E-state index >= 15 is 0 Å². The largest absolute Gasteiger partial charge is 0.298 e. The Kier molecular flexibility index (Phi) is 4.32. The van der Waals surface area contributed by atoms with Gasteiger partial charge in [0.1, 0.15) is 5.75 Å². The molecule has 4 heteroatoms. The highest BCUT2D eigenvalue weighted by Crippen LogP contribution is 2.31. The van der Waals surface area contributed by atoms with Crippen molar-refractivity contribution in [2.45, 2.75) is 39.0 Å². The number of Topliss-reactive ketones (excluding diaryl/α,β-unsaturated/α-hetero) is 1. The molecule has 1 aliphatic rings. The summed E-state index contributed by atoms with van der Waals surface area (Å²) in [5.74, 6) is 0.273. The lowest BCUT2D eigenvalue weighted by Gasteiger charge is -2.27. The zero-order chi connectivity index (χ0) is 11.5. The highest BCUT2D eigenvalue weighted by Gasteiger charge is 2.27. The van der Waals surface area contributed by atoms with Gasteiger partial charge in [-0.2, -0.15) is 0 Å². The van der Waals surface area contributed by atoms with E-state index in [4.69, 9.17) is 0 Å². The van der Waals surface area contributed by atoms with Crippen LogP contribution in [0.15, 0.2) is 0 Å². The van der Waals surface area contributed by atoms with E-state index in [0.29, 0.717) is 5.92 Å². The molecule has 0 amide bonds. The fourth-order valence-electron chi connectivity index (χ4n) is 2.33. The van der Waals surface area contributed by atoms with Crippen molar-refractivity contribution in [3.8, 4) is 0 Å². The molecule has 2 unspecified atom stereocenters. The summed E-state index contributed by atoms with van der Waals surface area (Å²) in [5, 5.41) is 0. The summed E-state index contributed by atoms with van der Waals surface area (Å²) in [4.78, 5) is 11.7. The summed E-state index contributed by atoms with van der Waals surface area (Å²) >= 11 is 0. The maximum absolute atomic E-state index is 11.7. The van der Waals surface area contributed by atoms with E-state index in [0.717, 1.165) is 31.9 Å². The van der Waals surface area contributed by atoms with Crippen LogP contribution in [-0.4, -0.2) is 26.2 Å². The molecule has 0 spiro atoms. The van der Waals surface area contributed by atoms with Gasteiger partial charge in [-0.3, -0.25) is 4.79 Å². The maximum atomic E-state index is 11.7. The normalized spacial score (nSPS) is 27.6. The second-order valence-corrected chi connectivity index (χ2v) is 6.81. The second-order valence-electron chi connectivity index (χ2n) is 4.67. The molecule has 1 fully saturated rings. The van der Waals surface area contributed by atoms with Crippen molar-refractivity contribution in [2.24, 2.45) is 11.8 Å². The standard InChI is InChI=1S/C11H20O3S/c1-3-9-5-4-6-10(7-9)11(12)8-15(2,13)14/h9-10H,3-8H2,1-2H3. The van der Waals surface area contributed by atoms with Gasteiger partial charge in [-0.25, -0.2) is 8.42 Å². The molecule has 0 aromatic rings. The monoisotopic (exact) mass is 232 g/mol. The number of sulfone groups is 1. The zero-order valence-electron chi connectivity index (χ0n) is 9.53. The van der Waals surface area contributed by atoms with Gasteiger partial charge in [-0.05, 0) is 18.8 Å². The van der Waals surface area contributed by atoms with Crippen molar-refractivity contribution < 1.29 is 13.2 Å². The van der Waals surface area contributed by atoms with Crippen molar-refractivity contribution in [1.29, 1.82) is 0 Å². The molecule has 0 aromatic heterocycles. The molecule has 0 radical (unpaired) electrons. The Balaban J connectivity index is 2.53. The van der Waals surface area contributed by atoms with E-state index in [9.17, 15) is 13.2 Å². The number of ketones is 1. The molecular weight excluding hydrogens is 212 g/mol.